The van der Waals surface area contributed by atoms with E-state index in [0.29, 0.717) is 0 Å². The molecule has 0 aliphatic carbocycles. The van der Waals surface area contributed by atoms with Crippen molar-refractivity contribution >= 4 is 31.9 Å². The first-order valence-corrected chi connectivity index (χ1v) is 8.40. The monoisotopic (exact) mass is 377 g/mol. The highest BCUT2D eigenvalue weighted by Gasteiger charge is 2.28. The van der Waals surface area contributed by atoms with Gasteiger partial charge in [-0.3, -0.25) is 4.79 Å². The lowest BCUT2D eigenvalue weighted by molar-refractivity contribution is 0.230. The Balaban J connectivity index is 3.01. The number of pyridine rings is 1. The number of alkyl halides is 1. The molecule has 1 rings (SSSR count). The minimum absolute atomic E-state index is 0.0794. The molecule has 1 heterocycles. The molecule has 0 aliphatic heterocycles. The molecule has 0 fully saturated rings. The molecule has 102 valence electrons. The van der Waals surface area contributed by atoms with Gasteiger partial charge in [-0.05, 0) is 40.3 Å². The topological polar surface area (TPSA) is 22.0 Å². The van der Waals surface area contributed by atoms with Crippen LogP contribution in [0.25, 0.3) is 0 Å². The molecule has 1 aromatic heterocycles. The van der Waals surface area contributed by atoms with Crippen LogP contribution in [0.4, 0.5) is 0 Å². The van der Waals surface area contributed by atoms with E-state index >= 15 is 0 Å². The second-order valence-corrected chi connectivity index (χ2v) is 6.42. The number of halogens is 2. The quantitative estimate of drug-likeness (QED) is 0.636. The SMILES string of the molecule is CCCC(CBr)(CCC)Cn1cc(Br)ccc1=O. The van der Waals surface area contributed by atoms with Crippen LogP contribution >= 0.6 is 31.9 Å². The van der Waals surface area contributed by atoms with Crippen LogP contribution in [0.2, 0.25) is 0 Å². The van der Waals surface area contributed by atoms with Crippen molar-refractivity contribution in [2.75, 3.05) is 5.33 Å². The van der Waals surface area contributed by atoms with Crippen LogP contribution in [0.15, 0.2) is 27.6 Å². The van der Waals surface area contributed by atoms with Gasteiger partial charge in [0.2, 0.25) is 0 Å². The molecule has 0 spiro atoms. The smallest absolute Gasteiger partial charge is 0.250 e. The summed E-state index contributed by atoms with van der Waals surface area (Å²) in [5.74, 6) is 0. The molecule has 0 amide bonds. The van der Waals surface area contributed by atoms with Gasteiger partial charge in [-0.25, -0.2) is 0 Å². The molecule has 1 aromatic rings. The average Bonchev–Trinajstić information content (AvgIpc) is 2.34. The third-order valence-electron chi connectivity index (χ3n) is 3.30. The predicted octanol–water partition coefficient (Wildman–Crippen LogP) is 4.59. The Labute approximate surface area is 126 Å². The summed E-state index contributed by atoms with van der Waals surface area (Å²) in [6.07, 6.45) is 6.48. The normalized spacial score (nSPS) is 11.8. The summed E-state index contributed by atoms with van der Waals surface area (Å²) in [6, 6.07) is 3.43. The molecule has 0 aromatic carbocycles. The Morgan fingerprint density at radius 2 is 1.83 bits per heavy atom. The van der Waals surface area contributed by atoms with Crippen LogP contribution in [0.3, 0.4) is 0 Å². The number of aromatic nitrogens is 1. The van der Waals surface area contributed by atoms with Crippen LogP contribution in [0.1, 0.15) is 39.5 Å². The van der Waals surface area contributed by atoms with Gasteiger partial charge in [0.1, 0.15) is 0 Å². The van der Waals surface area contributed by atoms with Gasteiger partial charge in [0.25, 0.3) is 5.56 Å². The van der Waals surface area contributed by atoms with E-state index in [1.807, 2.05) is 10.8 Å². The molecule has 4 heteroatoms. The second kappa shape index (κ2) is 7.49. The summed E-state index contributed by atoms with van der Waals surface area (Å²) in [5, 5.41) is 0.945. The van der Waals surface area contributed by atoms with Gasteiger partial charge in [-0.15, -0.1) is 0 Å². The van der Waals surface area contributed by atoms with E-state index in [-0.39, 0.29) is 11.0 Å². The van der Waals surface area contributed by atoms with Crippen molar-refractivity contribution < 1.29 is 0 Å². The zero-order chi connectivity index (χ0) is 13.6. The standard InChI is InChI=1S/C14H21Br2NO/c1-3-7-14(10-15,8-4-2)11-17-9-12(16)5-6-13(17)18/h5-6,9H,3-4,7-8,10-11H2,1-2H3. The third kappa shape index (κ3) is 4.23. The maximum Gasteiger partial charge on any atom is 0.250 e. The molecule has 0 unspecified atom stereocenters. The molecule has 0 radical (unpaired) electrons. The van der Waals surface area contributed by atoms with Crippen molar-refractivity contribution in [2.24, 2.45) is 5.41 Å². The maximum absolute atomic E-state index is 11.9. The fraction of sp³-hybridized carbons (Fsp3) is 0.643. The van der Waals surface area contributed by atoms with Gasteiger partial charge in [0.15, 0.2) is 0 Å². The third-order valence-corrected chi connectivity index (χ3v) is 4.96. The lowest BCUT2D eigenvalue weighted by atomic mass is 9.81. The molecule has 2 nitrogen and oxygen atoms in total. The summed E-state index contributed by atoms with van der Waals surface area (Å²) in [7, 11) is 0. The summed E-state index contributed by atoms with van der Waals surface area (Å²) < 4.78 is 2.79. The number of nitrogens with zero attached hydrogens (tertiary/aromatic N) is 1. The van der Waals surface area contributed by atoms with Crippen molar-refractivity contribution in [3.63, 3.8) is 0 Å². The van der Waals surface area contributed by atoms with Crippen molar-refractivity contribution in [1.82, 2.24) is 4.57 Å². The van der Waals surface area contributed by atoms with Crippen molar-refractivity contribution in [3.8, 4) is 0 Å². The zero-order valence-corrected chi connectivity index (χ0v) is 14.3. The van der Waals surface area contributed by atoms with Crippen LogP contribution < -0.4 is 5.56 Å². The Kier molecular flexibility index (Phi) is 6.64. The number of hydrogen-bond donors (Lipinski definition) is 0. The second-order valence-electron chi connectivity index (χ2n) is 4.95. The highest BCUT2D eigenvalue weighted by atomic mass is 79.9. The summed E-state index contributed by atoms with van der Waals surface area (Å²) in [6.45, 7) is 5.20. The van der Waals surface area contributed by atoms with Crippen LogP contribution in [-0.2, 0) is 6.54 Å². The molecule has 0 bridgehead atoms. The maximum atomic E-state index is 11.9. The lowest BCUT2D eigenvalue weighted by Gasteiger charge is -2.32. The average molecular weight is 379 g/mol. The Hall–Kier alpha value is -0.0900. The van der Waals surface area contributed by atoms with Crippen LogP contribution in [0.5, 0.6) is 0 Å². The Morgan fingerprint density at radius 3 is 2.33 bits per heavy atom. The fourth-order valence-corrected chi connectivity index (χ4v) is 3.62. The van der Waals surface area contributed by atoms with Gasteiger partial charge in [0, 0.05) is 28.6 Å². The lowest BCUT2D eigenvalue weighted by Crippen LogP contribution is -2.33. The number of rotatable bonds is 7. The van der Waals surface area contributed by atoms with Gasteiger partial charge < -0.3 is 4.57 Å². The van der Waals surface area contributed by atoms with E-state index in [2.05, 4.69) is 45.7 Å². The molecular formula is C14H21Br2NO. The van der Waals surface area contributed by atoms with E-state index in [0.717, 1.165) is 42.0 Å². The molecular weight excluding hydrogens is 358 g/mol. The summed E-state index contributed by atoms with van der Waals surface area (Å²) >= 11 is 7.08. The van der Waals surface area contributed by atoms with Crippen molar-refractivity contribution in [1.29, 1.82) is 0 Å². The van der Waals surface area contributed by atoms with E-state index in [4.69, 9.17) is 0 Å². The van der Waals surface area contributed by atoms with Crippen LogP contribution in [-0.4, -0.2) is 9.90 Å². The molecule has 0 N–H and O–H groups in total. The minimum Gasteiger partial charge on any atom is -0.314 e. The van der Waals surface area contributed by atoms with Crippen LogP contribution in [0, 0.1) is 5.41 Å². The largest absolute Gasteiger partial charge is 0.314 e. The fourth-order valence-electron chi connectivity index (χ4n) is 2.51. The molecule has 0 saturated heterocycles. The van der Waals surface area contributed by atoms with Gasteiger partial charge in [-0.1, -0.05) is 42.6 Å². The van der Waals surface area contributed by atoms with E-state index in [1.54, 1.807) is 12.1 Å². The molecule has 0 saturated carbocycles. The zero-order valence-electron chi connectivity index (χ0n) is 11.1. The first-order valence-electron chi connectivity index (χ1n) is 6.49. The minimum atomic E-state index is 0.0794. The highest BCUT2D eigenvalue weighted by molar-refractivity contribution is 9.10. The number of hydrogen-bond acceptors (Lipinski definition) is 1. The van der Waals surface area contributed by atoms with E-state index in [9.17, 15) is 4.79 Å². The van der Waals surface area contributed by atoms with Gasteiger partial charge in [0.05, 0.1) is 0 Å². The molecule has 0 atom stereocenters. The first-order chi connectivity index (χ1) is 8.56. The Bertz CT molecular complexity index is 422. The van der Waals surface area contributed by atoms with Gasteiger partial charge >= 0.3 is 0 Å². The molecule has 18 heavy (non-hydrogen) atoms. The van der Waals surface area contributed by atoms with Crippen molar-refractivity contribution in [3.05, 3.63) is 33.2 Å². The molecule has 0 aliphatic rings. The predicted molar refractivity (Wildman–Crippen MR) is 84.4 cm³/mol. The van der Waals surface area contributed by atoms with E-state index < -0.39 is 0 Å². The van der Waals surface area contributed by atoms with Crippen molar-refractivity contribution in [2.45, 2.75) is 46.1 Å². The van der Waals surface area contributed by atoms with Gasteiger partial charge in [-0.2, -0.15) is 0 Å². The summed E-state index contributed by atoms with van der Waals surface area (Å²) in [4.78, 5) is 11.9. The highest BCUT2D eigenvalue weighted by Crippen LogP contribution is 2.33. The Morgan fingerprint density at radius 1 is 1.22 bits per heavy atom. The summed E-state index contributed by atoms with van der Waals surface area (Å²) in [5.41, 5.74) is 0.268. The van der Waals surface area contributed by atoms with E-state index in [1.165, 1.54) is 0 Å². The first kappa shape index (κ1) is 16.0.